The van der Waals surface area contributed by atoms with Crippen molar-refractivity contribution in [3.8, 4) is 0 Å². The highest BCUT2D eigenvalue weighted by atomic mass is 15.2. The summed E-state index contributed by atoms with van der Waals surface area (Å²) in [6.07, 6.45) is 3.81. The fraction of sp³-hybridized carbons (Fsp3) is 0.267. The lowest BCUT2D eigenvalue weighted by atomic mass is 10.1. The van der Waals surface area contributed by atoms with Gasteiger partial charge in [-0.3, -0.25) is 4.98 Å². The topological polar surface area (TPSA) is 28.2 Å². The SMILES string of the molecule is CCNc1cncc(N2Cc3ccccc3C2)c1. The summed E-state index contributed by atoms with van der Waals surface area (Å²) >= 11 is 0. The van der Waals surface area contributed by atoms with E-state index in [9.17, 15) is 0 Å². The molecule has 3 heteroatoms. The number of nitrogens with zero attached hydrogens (tertiary/aromatic N) is 2. The third-order valence-electron chi connectivity index (χ3n) is 3.31. The minimum Gasteiger partial charge on any atom is -0.384 e. The van der Waals surface area contributed by atoms with Gasteiger partial charge in [-0.1, -0.05) is 24.3 Å². The zero-order valence-corrected chi connectivity index (χ0v) is 10.6. The molecule has 0 aliphatic carbocycles. The Morgan fingerprint density at radius 3 is 2.56 bits per heavy atom. The summed E-state index contributed by atoms with van der Waals surface area (Å²) in [5.41, 5.74) is 5.12. The monoisotopic (exact) mass is 239 g/mol. The molecule has 2 aromatic rings. The summed E-state index contributed by atoms with van der Waals surface area (Å²) in [6.45, 7) is 4.98. The minimum atomic E-state index is 0.922. The van der Waals surface area contributed by atoms with E-state index < -0.39 is 0 Å². The third-order valence-corrected chi connectivity index (χ3v) is 3.31. The van der Waals surface area contributed by atoms with Crippen molar-refractivity contribution < 1.29 is 0 Å². The Balaban J connectivity index is 1.83. The van der Waals surface area contributed by atoms with Crippen LogP contribution in [0.25, 0.3) is 0 Å². The third kappa shape index (κ3) is 2.04. The van der Waals surface area contributed by atoms with Gasteiger partial charge >= 0.3 is 0 Å². The predicted octanol–water partition coefficient (Wildman–Crippen LogP) is 3.03. The van der Waals surface area contributed by atoms with Crippen molar-refractivity contribution in [3.63, 3.8) is 0 Å². The van der Waals surface area contributed by atoms with Crippen LogP contribution in [0.2, 0.25) is 0 Å². The largest absolute Gasteiger partial charge is 0.384 e. The van der Waals surface area contributed by atoms with Crippen molar-refractivity contribution in [2.75, 3.05) is 16.8 Å². The molecule has 1 N–H and O–H groups in total. The molecule has 0 amide bonds. The van der Waals surface area contributed by atoms with E-state index in [-0.39, 0.29) is 0 Å². The molecule has 1 aliphatic rings. The molecule has 3 rings (SSSR count). The van der Waals surface area contributed by atoms with Crippen molar-refractivity contribution in [3.05, 3.63) is 53.9 Å². The smallest absolute Gasteiger partial charge is 0.0579 e. The average molecular weight is 239 g/mol. The van der Waals surface area contributed by atoms with E-state index >= 15 is 0 Å². The molecule has 0 spiro atoms. The molecule has 1 aliphatic heterocycles. The second-order valence-electron chi connectivity index (χ2n) is 4.59. The number of aromatic nitrogens is 1. The molecule has 3 nitrogen and oxygen atoms in total. The normalized spacial score (nSPS) is 13.5. The van der Waals surface area contributed by atoms with Crippen molar-refractivity contribution >= 4 is 11.4 Å². The van der Waals surface area contributed by atoms with Gasteiger partial charge in [0.05, 0.1) is 23.8 Å². The molecule has 0 unspecified atom stereocenters. The van der Waals surface area contributed by atoms with Crippen LogP contribution in [0.15, 0.2) is 42.7 Å². The van der Waals surface area contributed by atoms with Crippen molar-refractivity contribution in [2.24, 2.45) is 0 Å². The Kier molecular flexibility index (Phi) is 2.89. The quantitative estimate of drug-likeness (QED) is 0.892. The second kappa shape index (κ2) is 4.69. The maximum absolute atomic E-state index is 4.31. The van der Waals surface area contributed by atoms with Crippen LogP contribution >= 0.6 is 0 Å². The van der Waals surface area contributed by atoms with E-state index in [1.54, 1.807) is 0 Å². The van der Waals surface area contributed by atoms with E-state index in [2.05, 4.69) is 52.5 Å². The zero-order chi connectivity index (χ0) is 12.4. The van der Waals surface area contributed by atoms with E-state index in [0.717, 1.165) is 25.3 Å². The fourth-order valence-corrected chi connectivity index (χ4v) is 2.42. The first kappa shape index (κ1) is 11.1. The predicted molar refractivity (Wildman–Crippen MR) is 74.7 cm³/mol. The number of fused-ring (bicyclic) bond motifs is 1. The highest BCUT2D eigenvalue weighted by Gasteiger charge is 2.18. The van der Waals surface area contributed by atoms with Crippen molar-refractivity contribution in [1.29, 1.82) is 0 Å². The van der Waals surface area contributed by atoms with Gasteiger partial charge in [-0.2, -0.15) is 0 Å². The molecule has 0 saturated carbocycles. The first-order chi connectivity index (χ1) is 8.86. The maximum atomic E-state index is 4.31. The molecule has 0 atom stereocenters. The van der Waals surface area contributed by atoms with E-state index in [1.807, 2.05) is 12.4 Å². The van der Waals surface area contributed by atoms with Crippen molar-refractivity contribution in [2.45, 2.75) is 20.0 Å². The summed E-state index contributed by atoms with van der Waals surface area (Å²) in [4.78, 5) is 6.67. The Morgan fingerprint density at radius 2 is 1.89 bits per heavy atom. The van der Waals surface area contributed by atoms with Crippen LogP contribution in [0.5, 0.6) is 0 Å². The molecule has 2 heterocycles. The number of hydrogen-bond donors (Lipinski definition) is 1. The van der Waals surface area contributed by atoms with Gasteiger partial charge in [0.25, 0.3) is 0 Å². The summed E-state index contributed by atoms with van der Waals surface area (Å²) in [6, 6.07) is 10.8. The molecule has 0 saturated heterocycles. The Hall–Kier alpha value is -2.03. The van der Waals surface area contributed by atoms with Crippen LogP contribution < -0.4 is 10.2 Å². The molecule has 92 valence electrons. The number of anilines is 2. The molecule has 18 heavy (non-hydrogen) atoms. The van der Waals surface area contributed by atoms with Gasteiger partial charge < -0.3 is 10.2 Å². The number of pyridine rings is 1. The summed E-state index contributed by atoms with van der Waals surface area (Å²) in [5, 5.41) is 3.30. The highest BCUT2D eigenvalue weighted by Crippen LogP contribution is 2.28. The Labute approximate surface area is 107 Å². The first-order valence-electron chi connectivity index (χ1n) is 6.37. The van der Waals surface area contributed by atoms with Gasteiger partial charge in [0.15, 0.2) is 0 Å². The highest BCUT2D eigenvalue weighted by molar-refractivity contribution is 5.57. The first-order valence-corrected chi connectivity index (χ1v) is 6.37. The van der Waals surface area contributed by atoms with E-state index in [1.165, 1.54) is 16.8 Å². The van der Waals surface area contributed by atoms with Gasteiger partial charge in [0.1, 0.15) is 0 Å². The molecule has 0 fully saturated rings. The lowest BCUT2D eigenvalue weighted by molar-refractivity contribution is 0.876. The molecule has 0 bridgehead atoms. The van der Waals surface area contributed by atoms with E-state index in [0.29, 0.717) is 0 Å². The van der Waals surface area contributed by atoms with Gasteiger partial charge in [-0.15, -0.1) is 0 Å². The summed E-state index contributed by atoms with van der Waals surface area (Å²) in [5.74, 6) is 0. The molecule has 1 aromatic carbocycles. The number of rotatable bonds is 3. The minimum absolute atomic E-state index is 0.922. The van der Waals surface area contributed by atoms with Gasteiger partial charge in [0, 0.05) is 19.6 Å². The molecular weight excluding hydrogens is 222 g/mol. The molecule has 1 aromatic heterocycles. The Morgan fingerprint density at radius 1 is 1.17 bits per heavy atom. The van der Waals surface area contributed by atoms with Crippen molar-refractivity contribution in [1.82, 2.24) is 4.98 Å². The van der Waals surface area contributed by atoms with Crippen LogP contribution in [-0.4, -0.2) is 11.5 Å². The van der Waals surface area contributed by atoms with Crippen LogP contribution in [-0.2, 0) is 13.1 Å². The van der Waals surface area contributed by atoms with Crippen LogP contribution in [0.3, 0.4) is 0 Å². The maximum Gasteiger partial charge on any atom is 0.0579 e. The standard InChI is InChI=1S/C15H17N3/c1-2-17-14-7-15(9-16-8-14)18-10-12-5-3-4-6-13(12)11-18/h3-9,17H,2,10-11H2,1H3. The number of hydrogen-bond acceptors (Lipinski definition) is 3. The van der Waals surface area contributed by atoms with Crippen LogP contribution in [0.1, 0.15) is 18.1 Å². The second-order valence-corrected chi connectivity index (χ2v) is 4.59. The lowest BCUT2D eigenvalue weighted by Crippen LogP contribution is -2.15. The Bertz CT molecular complexity index is 526. The molecular formula is C15H17N3. The number of benzene rings is 1. The summed E-state index contributed by atoms with van der Waals surface area (Å²) in [7, 11) is 0. The van der Waals surface area contributed by atoms with Gasteiger partial charge in [0.2, 0.25) is 0 Å². The lowest BCUT2D eigenvalue weighted by Gasteiger charge is -2.18. The average Bonchev–Trinajstić information content (AvgIpc) is 2.83. The summed E-state index contributed by atoms with van der Waals surface area (Å²) < 4.78 is 0. The molecule has 0 radical (unpaired) electrons. The van der Waals surface area contributed by atoms with E-state index in [4.69, 9.17) is 0 Å². The number of nitrogens with one attached hydrogen (secondary N) is 1. The van der Waals surface area contributed by atoms with Crippen LogP contribution in [0.4, 0.5) is 11.4 Å². The fourth-order valence-electron chi connectivity index (χ4n) is 2.42. The van der Waals surface area contributed by atoms with Gasteiger partial charge in [-0.05, 0) is 24.1 Å². The zero-order valence-electron chi connectivity index (χ0n) is 10.6. The van der Waals surface area contributed by atoms with Crippen LogP contribution in [0, 0.1) is 0 Å². The van der Waals surface area contributed by atoms with Gasteiger partial charge in [-0.25, -0.2) is 0 Å².